The van der Waals surface area contributed by atoms with E-state index >= 15 is 0 Å². The van der Waals surface area contributed by atoms with Crippen molar-refractivity contribution in [3.8, 4) is 5.82 Å². The summed E-state index contributed by atoms with van der Waals surface area (Å²) in [6.45, 7) is 1.88. The summed E-state index contributed by atoms with van der Waals surface area (Å²) in [5.41, 5.74) is 0.506. The van der Waals surface area contributed by atoms with Crippen molar-refractivity contribution in [1.29, 1.82) is 0 Å². The summed E-state index contributed by atoms with van der Waals surface area (Å²) >= 11 is 0. The van der Waals surface area contributed by atoms with Crippen LogP contribution in [0.15, 0.2) is 36.7 Å². The first-order chi connectivity index (χ1) is 10.8. The molecule has 2 atom stereocenters. The summed E-state index contributed by atoms with van der Waals surface area (Å²) in [5.74, 6) is 0.723. The van der Waals surface area contributed by atoms with Crippen LogP contribution in [0.4, 0.5) is 0 Å². The van der Waals surface area contributed by atoms with Crippen molar-refractivity contribution in [2.24, 2.45) is 0 Å². The maximum Gasteiger partial charge on any atom is 0.273 e. The number of amides is 1. The Morgan fingerprint density at radius 1 is 1.18 bits per heavy atom. The molecule has 1 amide bonds. The molecule has 0 aromatic carbocycles. The fraction of sp³-hybridized carbons (Fsp3) is 0.438. The minimum Gasteiger partial charge on any atom is -0.330 e. The molecule has 2 aliphatic heterocycles. The van der Waals surface area contributed by atoms with E-state index in [0.717, 1.165) is 32.4 Å². The van der Waals surface area contributed by atoms with Crippen LogP contribution in [0.5, 0.6) is 0 Å². The molecule has 1 N–H and O–H groups in total. The van der Waals surface area contributed by atoms with Gasteiger partial charge in [-0.1, -0.05) is 6.07 Å². The molecule has 4 rings (SSSR count). The summed E-state index contributed by atoms with van der Waals surface area (Å²) < 4.78 is 1.68. The van der Waals surface area contributed by atoms with Crippen LogP contribution in [-0.4, -0.2) is 50.7 Å². The molecule has 114 valence electrons. The predicted octanol–water partition coefficient (Wildman–Crippen LogP) is 1.23. The van der Waals surface area contributed by atoms with Gasteiger partial charge in [-0.15, -0.1) is 0 Å². The van der Waals surface area contributed by atoms with Crippen LogP contribution in [0.25, 0.3) is 5.82 Å². The Balaban J connectivity index is 1.64. The van der Waals surface area contributed by atoms with E-state index in [1.54, 1.807) is 16.9 Å². The Morgan fingerprint density at radius 2 is 2.09 bits per heavy atom. The Labute approximate surface area is 129 Å². The number of carbonyl (C=O) groups is 1. The molecule has 0 radical (unpaired) electrons. The van der Waals surface area contributed by atoms with Crippen LogP contribution in [0.2, 0.25) is 0 Å². The van der Waals surface area contributed by atoms with Gasteiger partial charge in [-0.2, -0.15) is 5.10 Å². The molecule has 2 aliphatic rings. The molecule has 0 aliphatic carbocycles. The van der Waals surface area contributed by atoms with Gasteiger partial charge in [0.15, 0.2) is 5.82 Å². The fourth-order valence-corrected chi connectivity index (χ4v) is 3.52. The number of fused-ring (bicyclic) bond motifs is 2. The minimum atomic E-state index is 0.0465. The topological polar surface area (TPSA) is 63.1 Å². The van der Waals surface area contributed by atoms with E-state index < -0.39 is 0 Å². The maximum atomic E-state index is 12.9. The smallest absolute Gasteiger partial charge is 0.273 e. The van der Waals surface area contributed by atoms with E-state index in [9.17, 15) is 4.79 Å². The summed E-state index contributed by atoms with van der Waals surface area (Å²) in [4.78, 5) is 19.5. The Bertz CT molecular complexity index is 655. The van der Waals surface area contributed by atoms with Crippen LogP contribution >= 0.6 is 0 Å². The lowest BCUT2D eigenvalue weighted by Crippen LogP contribution is -2.42. The van der Waals surface area contributed by atoms with Gasteiger partial charge >= 0.3 is 0 Å². The first kappa shape index (κ1) is 13.5. The summed E-state index contributed by atoms with van der Waals surface area (Å²) in [6.07, 6.45) is 6.76. The number of nitrogens with zero attached hydrogens (tertiary/aromatic N) is 4. The van der Waals surface area contributed by atoms with Gasteiger partial charge in [0.05, 0.1) is 0 Å². The molecule has 22 heavy (non-hydrogen) atoms. The van der Waals surface area contributed by atoms with Crippen molar-refractivity contribution < 1.29 is 4.79 Å². The number of nitrogens with one attached hydrogen (secondary N) is 1. The van der Waals surface area contributed by atoms with Crippen molar-refractivity contribution in [2.75, 3.05) is 13.1 Å². The third-order valence-electron chi connectivity index (χ3n) is 4.58. The van der Waals surface area contributed by atoms with Crippen molar-refractivity contribution in [2.45, 2.75) is 31.3 Å². The average Bonchev–Trinajstić information content (AvgIpc) is 3.14. The zero-order valence-electron chi connectivity index (χ0n) is 12.4. The summed E-state index contributed by atoms with van der Waals surface area (Å²) in [7, 11) is 0. The van der Waals surface area contributed by atoms with Crippen LogP contribution in [0, 0.1) is 0 Å². The van der Waals surface area contributed by atoms with Gasteiger partial charge in [0.1, 0.15) is 5.69 Å². The van der Waals surface area contributed by atoms with Gasteiger partial charge in [-0.05, 0) is 44.0 Å². The SMILES string of the molecule is O=C(c1cccc(-n2cccn2)n1)N1C2CCNCC1CC2. The van der Waals surface area contributed by atoms with Crippen molar-refractivity contribution in [3.05, 3.63) is 42.4 Å². The second kappa shape index (κ2) is 5.53. The van der Waals surface area contributed by atoms with E-state index in [2.05, 4.69) is 20.3 Å². The quantitative estimate of drug-likeness (QED) is 0.906. The van der Waals surface area contributed by atoms with Gasteiger partial charge < -0.3 is 10.2 Å². The first-order valence-electron chi connectivity index (χ1n) is 7.83. The lowest BCUT2D eigenvalue weighted by Gasteiger charge is -2.27. The molecule has 0 spiro atoms. The lowest BCUT2D eigenvalue weighted by molar-refractivity contribution is 0.0674. The van der Waals surface area contributed by atoms with Crippen LogP contribution in [-0.2, 0) is 0 Å². The van der Waals surface area contributed by atoms with E-state index in [4.69, 9.17) is 0 Å². The van der Waals surface area contributed by atoms with E-state index in [1.165, 1.54) is 0 Å². The Kier molecular flexibility index (Phi) is 3.38. The third kappa shape index (κ3) is 2.29. The van der Waals surface area contributed by atoms with Crippen molar-refractivity contribution in [3.63, 3.8) is 0 Å². The second-order valence-corrected chi connectivity index (χ2v) is 5.92. The molecule has 2 fully saturated rings. The third-order valence-corrected chi connectivity index (χ3v) is 4.58. The van der Waals surface area contributed by atoms with Gasteiger partial charge in [0.2, 0.25) is 0 Å². The molecule has 2 aromatic heterocycles. The Morgan fingerprint density at radius 3 is 2.95 bits per heavy atom. The monoisotopic (exact) mass is 297 g/mol. The molecular weight excluding hydrogens is 278 g/mol. The number of hydrogen-bond acceptors (Lipinski definition) is 4. The predicted molar refractivity (Wildman–Crippen MR) is 81.8 cm³/mol. The number of rotatable bonds is 2. The van der Waals surface area contributed by atoms with E-state index in [-0.39, 0.29) is 5.91 Å². The highest BCUT2D eigenvalue weighted by atomic mass is 16.2. The molecule has 2 aromatic rings. The maximum absolute atomic E-state index is 12.9. The zero-order chi connectivity index (χ0) is 14.9. The first-order valence-corrected chi connectivity index (χ1v) is 7.83. The second-order valence-electron chi connectivity index (χ2n) is 5.92. The lowest BCUT2D eigenvalue weighted by atomic mass is 10.1. The highest BCUT2D eigenvalue weighted by molar-refractivity contribution is 5.93. The number of aromatic nitrogens is 3. The minimum absolute atomic E-state index is 0.0465. The number of pyridine rings is 1. The van der Waals surface area contributed by atoms with Gasteiger partial charge in [-0.3, -0.25) is 4.79 Å². The Hall–Kier alpha value is -2.21. The van der Waals surface area contributed by atoms with Crippen molar-refractivity contribution in [1.82, 2.24) is 25.0 Å². The van der Waals surface area contributed by atoms with Gasteiger partial charge in [0, 0.05) is 31.0 Å². The number of hydrogen-bond donors (Lipinski definition) is 1. The van der Waals surface area contributed by atoms with Gasteiger partial charge in [0.25, 0.3) is 5.91 Å². The number of carbonyl (C=O) groups excluding carboxylic acids is 1. The van der Waals surface area contributed by atoms with E-state index in [1.807, 2.05) is 24.4 Å². The summed E-state index contributed by atoms with van der Waals surface area (Å²) in [6, 6.07) is 8.03. The fourth-order valence-electron chi connectivity index (χ4n) is 3.52. The molecule has 2 unspecified atom stereocenters. The highest BCUT2D eigenvalue weighted by Crippen LogP contribution is 2.29. The molecule has 6 heteroatoms. The molecule has 0 saturated carbocycles. The average molecular weight is 297 g/mol. The molecule has 4 heterocycles. The largest absolute Gasteiger partial charge is 0.330 e. The van der Waals surface area contributed by atoms with Crippen LogP contribution < -0.4 is 5.32 Å². The molecular formula is C16H19N5O. The summed E-state index contributed by atoms with van der Waals surface area (Å²) in [5, 5.41) is 7.60. The molecule has 2 bridgehead atoms. The molecule has 6 nitrogen and oxygen atoms in total. The van der Waals surface area contributed by atoms with Crippen molar-refractivity contribution >= 4 is 5.91 Å². The highest BCUT2D eigenvalue weighted by Gasteiger charge is 2.38. The standard InChI is InChI=1S/C16H19N5O/c22-16(21-12-5-6-13(21)11-17-9-7-12)14-3-1-4-15(19-14)20-10-2-8-18-20/h1-4,8,10,12-13,17H,5-7,9,11H2. The van der Waals surface area contributed by atoms with E-state index in [0.29, 0.717) is 23.6 Å². The zero-order valence-corrected chi connectivity index (χ0v) is 12.4. The van der Waals surface area contributed by atoms with Gasteiger partial charge in [-0.25, -0.2) is 9.67 Å². The van der Waals surface area contributed by atoms with Crippen LogP contribution in [0.1, 0.15) is 29.8 Å². The van der Waals surface area contributed by atoms with Crippen LogP contribution in [0.3, 0.4) is 0 Å². The normalized spacial score (nSPS) is 24.3. The molecule has 2 saturated heterocycles.